The van der Waals surface area contributed by atoms with Crippen molar-refractivity contribution in [1.29, 1.82) is 0 Å². The van der Waals surface area contributed by atoms with Crippen LogP contribution in [0.3, 0.4) is 0 Å². The van der Waals surface area contributed by atoms with Crippen LogP contribution >= 0.6 is 38.6 Å². The van der Waals surface area contributed by atoms with Gasteiger partial charge in [-0.15, -0.1) is 11.3 Å². The third-order valence-electron chi connectivity index (χ3n) is 3.59. The summed E-state index contributed by atoms with van der Waals surface area (Å²) in [5.41, 5.74) is 2.27. The number of carbonyl (C=O) groups excluding carboxylic acids is 1. The van der Waals surface area contributed by atoms with Gasteiger partial charge in [0.15, 0.2) is 10.9 Å². The van der Waals surface area contributed by atoms with Gasteiger partial charge < -0.3 is 4.90 Å². The zero-order valence-electron chi connectivity index (χ0n) is 12.3. The van der Waals surface area contributed by atoms with E-state index in [0.717, 1.165) is 32.5 Å². The molecule has 0 radical (unpaired) electrons. The fraction of sp³-hybridized carbons (Fsp3) is 0.467. The van der Waals surface area contributed by atoms with Crippen molar-refractivity contribution in [2.45, 2.75) is 33.2 Å². The number of thiazole rings is 1. The minimum absolute atomic E-state index is 0.0339. The van der Waals surface area contributed by atoms with E-state index < -0.39 is 0 Å². The van der Waals surface area contributed by atoms with Crippen LogP contribution < -0.4 is 4.90 Å². The van der Waals surface area contributed by atoms with Crippen molar-refractivity contribution in [2.24, 2.45) is 5.41 Å². The van der Waals surface area contributed by atoms with E-state index in [1.54, 1.807) is 11.3 Å². The Morgan fingerprint density at radius 2 is 2.19 bits per heavy atom. The van der Waals surface area contributed by atoms with Crippen molar-refractivity contribution in [3.63, 3.8) is 0 Å². The average molecular weight is 385 g/mol. The van der Waals surface area contributed by atoms with Crippen molar-refractivity contribution in [2.75, 3.05) is 11.9 Å². The number of nitrogens with zero attached hydrogens (tertiary/aromatic N) is 2. The number of fused-ring (bicyclic) bond motifs is 1. The first-order valence-electron chi connectivity index (χ1n) is 6.81. The molecule has 112 valence electrons. The molecule has 0 N–H and O–H groups in total. The van der Waals surface area contributed by atoms with E-state index in [-0.39, 0.29) is 11.2 Å². The first kappa shape index (κ1) is 15.2. The Labute approximate surface area is 141 Å². The van der Waals surface area contributed by atoms with E-state index in [0.29, 0.717) is 6.42 Å². The highest BCUT2D eigenvalue weighted by atomic mass is 79.9. The van der Waals surface area contributed by atoms with Crippen LogP contribution in [-0.2, 0) is 13.0 Å². The summed E-state index contributed by atoms with van der Waals surface area (Å²) in [4.78, 5) is 19.9. The number of rotatable bonds is 3. The lowest BCUT2D eigenvalue weighted by Gasteiger charge is -2.26. The van der Waals surface area contributed by atoms with Crippen molar-refractivity contribution in [3.05, 3.63) is 31.4 Å². The average Bonchev–Trinajstić information content (AvgIpc) is 2.94. The molecule has 2 heterocycles. The van der Waals surface area contributed by atoms with Gasteiger partial charge in [0.1, 0.15) is 0 Å². The van der Waals surface area contributed by atoms with Crippen LogP contribution in [0.2, 0.25) is 0 Å². The highest BCUT2D eigenvalue weighted by Crippen LogP contribution is 2.39. The predicted octanol–water partition coefficient (Wildman–Crippen LogP) is 4.76. The monoisotopic (exact) mass is 384 g/mol. The van der Waals surface area contributed by atoms with Gasteiger partial charge in [0, 0.05) is 20.0 Å². The lowest BCUT2D eigenvalue weighted by molar-refractivity contribution is 0.0916. The number of aromatic nitrogens is 1. The fourth-order valence-corrected chi connectivity index (χ4v) is 4.82. The molecular formula is C15H17BrN2OS2. The van der Waals surface area contributed by atoms with Gasteiger partial charge in [0.2, 0.25) is 0 Å². The van der Waals surface area contributed by atoms with Crippen LogP contribution in [0.15, 0.2) is 15.2 Å². The van der Waals surface area contributed by atoms with Crippen LogP contribution in [0, 0.1) is 5.41 Å². The summed E-state index contributed by atoms with van der Waals surface area (Å²) in [6, 6.07) is 2.13. The summed E-state index contributed by atoms with van der Waals surface area (Å²) >= 11 is 6.71. The van der Waals surface area contributed by atoms with Crippen molar-refractivity contribution < 1.29 is 4.79 Å². The van der Waals surface area contributed by atoms with E-state index in [2.05, 4.69) is 46.1 Å². The number of ketones is 1. The summed E-state index contributed by atoms with van der Waals surface area (Å²) in [6.45, 7) is 5.09. The molecule has 0 fully saturated rings. The van der Waals surface area contributed by atoms with Crippen molar-refractivity contribution in [1.82, 2.24) is 4.98 Å². The summed E-state index contributed by atoms with van der Waals surface area (Å²) in [5.74, 6) is 0.247. The molecule has 0 aromatic carbocycles. The first-order chi connectivity index (χ1) is 9.84. The standard InChI is InChI=1S/C15H17BrN2OS2/c1-15(2)5-10-13(11(19)6-15)21-14(17-10)18(3)7-9-4-12(16)20-8-9/h4,8H,5-7H2,1-3H3. The van der Waals surface area contributed by atoms with E-state index in [4.69, 9.17) is 4.98 Å². The lowest BCUT2D eigenvalue weighted by Crippen LogP contribution is -2.26. The molecule has 0 spiro atoms. The van der Waals surface area contributed by atoms with Gasteiger partial charge in [0.05, 0.1) is 14.4 Å². The van der Waals surface area contributed by atoms with Gasteiger partial charge in [-0.2, -0.15) is 0 Å². The second kappa shape index (κ2) is 5.48. The van der Waals surface area contributed by atoms with Crippen LogP contribution in [-0.4, -0.2) is 17.8 Å². The number of Topliss-reactive ketones (excluding diaryl/α,β-unsaturated/α-hetero) is 1. The number of anilines is 1. The van der Waals surface area contributed by atoms with Crippen molar-refractivity contribution >= 4 is 49.5 Å². The minimum atomic E-state index is 0.0339. The molecular weight excluding hydrogens is 368 g/mol. The van der Waals surface area contributed by atoms with Gasteiger partial charge >= 0.3 is 0 Å². The van der Waals surface area contributed by atoms with E-state index in [9.17, 15) is 4.79 Å². The minimum Gasteiger partial charge on any atom is -0.347 e. The molecule has 0 atom stereocenters. The SMILES string of the molecule is CN(Cc1csc(Br)c1)c1nc2c(s1)C(=O)CC(C)(C)C2. The molecule has 21 heavy (non-hydrogen) atoms. The number of hydrogen-bond acceptors (Lipinski definition) is 5. The smallest absolute Gasteiger partial charge is 0.186 e. The zero-order chi connectivity index (χ0) is 15.2. The molecule has 0 unspecified atom stereocenters. The molecule has 0 bridgehead atoms. The molecule has 3 rings (SSSR count). The number of carbonyl (C=O) groups is 1. The Morgan fingerprint density at radius 1 is 1.43 bits per heavy atom. The van der Waals surface area contributed by atoms with Crippen molar-refractivity contribution in [3.8, 4) is 0 Å². The molecule has 3 nitrogen and oxygen atoms in total. The van der Waals surface area contributed by atoms with Crippen LogP contribution in [0.5, 0.6) is 0 Å². The van der Waals surface area contributed by atoms with E-state index >= 15 is 0 Å². The summed E-state index contributed by atoms with van der Waals surface area (Å²) < 4.78 is 1.14. The Balaban J connectivity index is 1.82. The number of hydrogen-bond donors (Lipinski definition) is 0. The molecule has 0 amide bonds. The predicted molar refractivity (Wildman–Crippen MR) is 92.7 cm³/mol. The largest absolute Gasteiger partial charge is 0.347 e. The molecule has 0 saturated carbocycles. The van der Waals surface area contributed by atoms with Gasteiger partial charge in [-0.25, -0.2) is 4.98 Å². The molecule has 0 aliphatic heterocycles. The third kappa shape index (κ3) is 3.22. The van der Waals surface area contributed by atoms with Crippen LogP contribution in [0.4, 0.5) is 5.13 Å². The maximum Gasteiger partial charge on any atom is 0.186 e. The van der Waals surface area contributed by atoms with Crippen LogP contribution in [0.25, 0.3) is 0 Å². The Hall–Kier alpha value is -0.720. The Bertz CT molecular complexity index is 690. The second-order valence-electron chi connectivity index (χ2n) is 6.33. The molecule has 1 aliphatic rings. The third-order valence-corrected chi connectivity index (χ3v) is 6.40. The van der Waals surface area contributed by atoms with Gasteiger partial charge in [-0.3, -0.25) is 4.79 Å². The zero-order valence-corrected chi connectivity index (χ0v) is 15.5. The summed E-state index contributed by atoms with van der Waals surface area (Å²) in [7, 11) is 2.03. The van der Waals surface area contributed by atoms with Crippen LogP contribution in [0.1, 0.15) is 41.2 Å². The topological polar surface area (TPSA) is 33.2 Å². The molecule has 0 saturated heterocycles. The second-order valence-corrected chi connectivity index (χ2v) is 9.60. The maximum absolute atomic E-state index is 12.2. The lowest BCUT2D eigenvalue weighted by atomic mass is 9.78. The number of halogens is 1. The van der Waals surface area contributed by atoms with Gasteiger partial charge in [-0.05, 0) is 44.8 Å². The first-order valence-corrected chi connectivity index (χ1v) is 9.30. The quantitative estimate of drug-likeness (QED) is 0.764. The highest BCUT2D eigenvalue weighted by Gasteiger charge is 2.34. The van der Waals surface area contributed by atoms with E-state index in [1.165, 1.54) is 16.9 Å². The Kier molecular flexibility index (Phi) is 3.96. The fourth-order valence-electron chi connectivity index (χ4n) is 2.64. The molecule has 6 heteroatoms. The maximum atomic E-state index is 12.2. The summed E-state index contributed by atoms with van der Waals surface area (Å²) in [5, 5.41) is 3.08. The molecule has 1 aliphatic carbocycles. The Morgan fingerprint density at radius 3 is 2.86 bits per heavy atom. The number of thiophene rings is 1. The van der Waals surface area contributed by atoms with E-state index in [1.807, 2.05) is 7.05 Å². The molecule has 2 aromatic heterocycles. The molecule has 2 aromatic rings. The highest BCUT2D eigenvalue weighted by molar-refractivity contribution is 9.11. The van der Waals surface area contributed by atoms with Gasteiger partial charge in [0.25, 0.3) is 0 Å². The van der Waals surface area contributed by atoms with Gasteiger partial charge in [-0.1, -0.05) is 25.2 Å². The normalized spacial score (nSPS) is 16.9. The summed E-state index contributed by atoms with van der Waals surface area (Å²) in [6.07, 6.45) is 1.52.